The van der Waals surface area contributed by atoms with Crippen LogP contribution in [0.1, 0.15) is 12.0 Å². The molecule has 0 saturated heterocycles. The molecule has 1 aliphatic heterocycles. The number of carbonyl (C=O) groups is 1. The zero-order valence-corrected chi connectivity index (χ0v) is 11.6. The molecule has 2 atom stereocenters. The lowest BCUT2D eigenvalue weighted by atomic mass is 10.1. The molecule has 0 fully saturated rings. The van der Waals surface area contributed by atoms with Crippen molar-refractivity contribution in [2.45, 2.75) is 25.0 Å². The van der Waals surface area contributed by atoms with E-state index in [0.29, 0.717) is 18.1 Å². The molecule has 1 aromatic carbocycles. The van der Waals surface area contributed by atoms with Gasteiger partial charge in [-0.1, -0.05) is 41.9 Å². The summed E-state index contributed by atoms with van der Waals surface area (Å²) >= 11 is 5.88. The average Bonchev–Trinajstić information content (AvgIpc) is 2.70. The molecule has 2 rings (SSSR count). The van der Waals surface area contributed by atoms with Crippen LogP contribution in [0.2, 0.25) is 0 Å². The van der Waals surface area contributed by atoms with Gasteiger partial charge in [-0.2, -0.15) is 5.10 Å². The summed E-state index contributed by atoms with van der Waals surface area (Å²) < 4.78 is 0. The Morgan fingerprint density at radius 2 is 2.16 bits per heavy atom. The third-order valence-corrected chi connectivity index (χ3v) is 3.11. The number of aliphatic carboxylic acids is 1. The quantitative estimate of drug-likeness (QED) is 0.886. The van der Waals surface area contributed by atoms with E-state index in [-0.39, 0.29) is 12.4 Å². The third kappa shape index (κ3) is 3.83. The molecule has 1 aromatic rings. The summed E-state index contributed by atoms with van der Waals surface area (Å²) in [5.41, 5.74) is 6.69. The Morgan fingerprint density at radius 1 is 1.53 bits per heavy atom. The molecule has 1 heterocycles. The van der Waals surface area contributed by atoms with Gasteiger partial charge in [0.15, 0.2) is 0 Å². The van der Waals surface area contributed by atoms with E-state index in [1.807, 2.05) is 30.3 Å². The van der Waals surface area contributed by atoms with Crippen molar-refractivity contribution in [1.82, 2.24) is 5.01 Å². The van der Waals surface area contributed by atoms with Gasteiger partial charge in [-0.3, -0.25) is 9.80 Å². The molecule has 0 bridgehead atoms. The van der Waals surface area contributed by atoms with Gasteiger partial charge in [-0.25, -0.2) is 0 Å². The smallest absolute Gasteiger partial charge is 0.322 e. The van der Waals surface area contributed by atoms with Crippen molar-refractivity contribution in [2.24, 2.45) is 10.8 Å². The number of benzene rings is 1. The zero-order chi connectivity index (χ0) is 13.1. The maximum atomic E-state index is 10.9. The minimum atomic E-state index is -1.04. The molecule has 1 aliphatic rings. The van der Waals surface area contributed by atoms with Gasteiger partial charge < -0.3 is 10.8 Å². The maximum Gasteiger partial charge on any atom is 0.322 e. The summed E-state index contributed by atoms with van der Waals surface area (Å²) in [4.78, 5) is 10.9. The number of nitrogens with two attached hydrogens (primary N) is 1. The summed E-state index contributed by atoms with van der Waals surface area (Å²) in [6.45, 7) is 0.503. The van der Waals surface area contributed by atoms with Gasteiger partial charge in [0, 0.05) is 6.42 Å². The Hall–Kier alpha value is -1.30. The number of hydrogen-bond acceptors (Lipinski definition) is 4. The van der Waals surface area contributed by atoms with E-state index in [9.17, 15) is 4.79 Å². The standard InChI is InChI=1S/C12H14ClN3O2.ClH/c13-10-6-9(11(14)12(17)18)16(15-10)7-8-4-2-1-3-5-8;/h1-5,9,11H,6-7,14H2,(H,17,18);1H/t9-,11+;/m1./s1. The van der Waals surface area contributed by atoms with E-state index in [1.54, 1.807) is 5.01 Å². The predicted molar refractivity (Wildman–Crippen MR) is 76.5 cm³/mol. The number of hydrazone groups is 1. The topological polar surface area (TPSA) is 78.9 Å². The summed E-state index contributed by atoms with van der Waals surface area (Å²) in [7, 11) is 0. The van der Waals surface area contributed by atoms with Gasteiger partial charge in [0.1, 0.15) is 11.2 Å². The van der Waals surface area contributed by atoms with Crippen LogP contribution in [-0.2, 0) is 11.3 Å². The Morgan fingerprint density at radius 3 is 2.74 bits per heavy atom. The number of rotatable bonds is 4. The minimum absolute atomic E-state index is 0. The highest BCUT2D eigenvalue weighted by Gasteiger charge is 2.34. The van der Waals surface area contributed by atoms with Crippen LogP contribution in [0.15, 0.2) is 35.4 Å². The van der Waals surface area contributed by atoms with Crippen LogP contribution in [-0.4, -0.2) is 33.3 Å². The molecule has 7 heteroatoms. The Bertz CT molecular complexity index is 467. The number of hydrogen-bond donors (Lipinski definition) is 2. The second-order valence-electron chi connectivity index (χ2n) is 4.19. The number of nitrogens with zero attached hydrogens (tertiary/aromatic N) is 2. The first-order valence-electron chi connectivity index (χ1n) is 5.60. The van der Waals surface area contributed by atoms with E-state index in [4.69, 9.17) is 22.4 Å². The van der Waals surface area contributed by atoms with Crippen molar-refractivity contribution in [1.29, 1.82) is 0 Å². The summed E-state index contributed by atoms with van der Waals surface area (Å²) in [6, 6.07) is 8.27. The van der Waals surface area contributed by atoms with Crippen molar-refractivity contribution < 1.29 is 9.90 Å². The minimum Gasteiger partial charge on any atom is -0.480 e. The fourth-order valence-electron chi connectivity index (χ4n) is 1.93. The first-order chi connectivity index (χ1) is 8.58. The molecule has 0 radical (unpaired) electrons. The second kappa shape index (κ2) is 6.75. The molecule has 104 valence electrons. The lowest BCUT2D eigenvalue weighted by Crippen LogP contribution is -2.48. The van der Waals surface area contributed by atoms with E-state index in [0.717, 1.165) is 5.56 Å². The van der Waals surface area contributed by atoms with Crippen LogP contribution < -0.4 is 5.73 Å². The van der Waals surface area contributed by atoms with Gasteiger partial charge in [-0.05, 0) is 5.56 Å². The molecule has 0 spiro atoms. The van der Waals surface area contributed by atoms with Crippen molar-refractivity contribution in [3.05, 3.63) is 35.9 Å². The van der Waals surface area contributed by atoms with E-state index in [2.05, 4.69) is 5.10 Å². The molecular formula is C12H15Cl2N3O2. The molecule has 0 amide bonds. The van der Waals surface area contributed by atoms with Crippen molar-refractivity contribution >= 4 is 35.1 Å². The highest BCUT2D eigenvalue weighted by molar-refractivity contribution is 6.65. The fraction of sp³-hybridized carbons (Fsp3) is 0.333. The highest BCUT2D eigenvalue weighted by Crippen LogP contribution is 2.22. The van der Waals surface area contributed by atoms with Crippen LogP contribution in [0.3, 0.4) is 0 Å². The van der Waals surface area contributed by atoms with Gasteiger partial charge in [0.2, 0.25) is 0 Å². The van der Waals surface area contributed by atoms with Crippen molar-refractivity contribution in [2.75, 3.05) is 0 Å². The SMILES string of the molecule is Cl.N[C@H](C(=O)O)[C@H]1CC(Cl)=NN1Cc1ccccc1. The van der Waals surface area contributed by atoms with Crippen LogP contribution in [0, 0.1) is 0 Å². The highest BCUT2D eigenvalue weighted by atomic mass is 35.5. The molecule has 0 aliphatic carbocycles. The third-order valence-electron chi connectivity index (χ3n) is 2.88. The van der Waals surface area contributed by atoms with E-state index >= 15 is 0 Å². The van der Waals surface area contributed by atoms with Gasteiger partial charge in [0.25, 0.3) is 0 Å². The maximum absolute atomic E-state index is 10.9. The van der Waals surface area contributed by atoms with Gasteiger partial charge >= 0.3 is 5.97 Å². The Labute approximate surface area is 122 Å². The van der Waals surface area contributed by atoms with Crippen LogP contribution in [0.25, 0.3) is 0 Å². The molecule has 5 nitrogen and oxygen atoms in total. The fourth-order valence-corrected chi connectivity index (χ4v) is 2.19. The van der Waals surface area contributed by atoms with Gasteiger partial charge in [-0.15, -0.1) is 12.4 Å². The number of carboxylic acid groups (broad SMARTS) is 1. The van der Waals surface area contributed by atoms with Crippen molar-refractivity contribution in [3.8, 4) is 0 Å². The molecule has 0 saturated carbocycles. The normalized spacial score (nSPS) is 19.6. The Balaban J connectivity index is 0.00000180. The molecule has 3 N–H and O–H groups in total. The first kappa shape index (κ1) is 15.8. The van der Waals surface area contributed by atoms with E-state index in [1.165, 1.54) is 0 Å². The average molecular weight is 304 g/mol. The monoisotopic (exact) mass is 303 g/mol. The summed E-state index contributed by atoms with van der Waals surface area (Å²) in [5, 5.41) is 15.2. The summed E-state index contributed by atoms with van der Waals surface area (Å²) in [5.74, 6) is -1.04. The molecule has 0 unspecified atom stereocenters. The number of carboxylic acids is 1. The molecule has 0 aromatic heterocycles. The largest absolute Gasteiger partial charge is 0.480 e. The van der Waals surface area contributed by atoms with E-state index < -0.39 is 18.1 Å². The van der Waals surface area contributed by atoms with Crippen molar-refractivity contribution in [3.63, 3.8) is 0 Å². The Kier molecular flexibility index (Phi) is 5.60. The number of halogens is 2. The van der Waals surface area contributed by atoms with Crippen LogP contribution in [0.4, 0.5) is 0 Å². The first-order valence-corrected chi connectivity index (χ1v) is 5.97. The second-order valence-corrected chi connectivity index (χ2v) is 4.63. The van der Waals surface area contributed by atoms with Gasteiger partial charge in [0.05, 0.1) is 12.6 Å². The lowest BCUT2D eigenvalue weighted by molar-refractivity contribution is -0.140. The van der Waals surface area contributed by atoms with Crippen LogP contribution in [0.5, 0.6) is 0 Å². The molecular weight excluding hydrogens is 289 g/mol. The zero-order valence-electron chi connectivity index (χ0n) is 10.1. The molecule has 19 heavy (non-hydrogen) atoms. The van der Waals surface area contributed by atoms with Crippen LogP contribution >= 0.6 is 24.0 Å². The predicted octanol–water partition coefficient (Wildman–Crippen LogP) is 1.65. The summed E-state index contributed by atoms with van der Waals surface area (Å²) in [6.07, 6.45) is 0.377. The lowest BCUT2D eigenvalue weighted by Gasteiger charge is -2.26.